The van der Waals surface area contributed by atoms with E-state index >= 15 is 0 Å². The van der Waals surface area contributed by atoms with Gasteiger partial charge in [0.2, 0.25) is 0 Å². The molecular weight excluding hydrogens is 341 g/mol. The molecule has 7 nitrogen and oxygen atoms in total. The molecular formula is C18H20FN3O4. The minimum absolute atomic E-state index is 0.181. The van der Waals surface area contributed by atoms with Gasteiger partial charge in [0, 0.05) is 0 Å². The number of carbonyl (C=O) groups is 2. The molecule has 1 unspecified atom stereocenters. The van der Waals surface area contributed by atoms with Gasteiger partial charge < -0.3 is 15.2 Å². The highest BCUT2D eigenvalue weighted by molar-refractivity contribution is 5.98. The fourth-order valence-electron chi connectivity index (χ4n) is 2.48. The van der Waals surface area contributed by atoms with E-state index in [1.54, 1.807) is 26.0 Å². The standard InChI is InChI=1S/C18H20FN3O4/c1-4-9-26-10-15(18(24)25)20-17(23)16-11(2)21-22(12(16)3)14-7-5-13(19)6-8-14/h4-8,15H,1,9-10H2,2-3H3,(H,20,23)(H,24,25). The van der Waals surface area contributed by atoms with E-state index in [2.05, 4.69) is 17.0 Å². The lowest BCUT2D eigenvalue weighted by Gasteiger charge is -2.14. The van der Waals surface area contributed by atoms with Crippen molar-refractivity contribution >= 4 is 11.9 Å². The molecule has 8 heteroatoms. The number of carboxylic acids is 1. The monoisotopic (exact) mass is 361 g/mol. The first-order valence-corrected chi connectivity index (χ1v) is 7.89. The molecule has 1 aromatic carbocycles. The number of carbonyl (C=O) groups excluding carboxylic acids is 1. The van der Waals surface area contributed by atoms with Gasteiger partial charge in [0.25, 0.3) is 5.91 Å². The van der Waals surface area contributed by atoms with Crippen LogP contribution in [0, 0.1) is 19.7 Å². The molecule has 0 spiro atoms. The zero-order chi connectivity index (χ0) is 19.3. The summed E-state index contributed by atoms with van der Waals surface area (Å²) in [6, 6.07) is 4.47. The van der Waals surface area contributed by atoms with E-state index < -0.39 is 17.9 Å². The smallest absolute Gasteiger partial charge is 0.328 e. The van der Waals surface area contributed by atoms with Crippen LogP contribution in [0.4, 0.5) is 4.39 Å². The summed E-state index contributed by atoms with van der Waals surface area (Å²) in [6.45, 7) is 6.80. The van der Waals surface area contributed by atoms with Gasteiger partial charge >= 0.3 is 5.97 Å². The van der Waals surface area contributed by atoms with E-state index in [1.165, 1.54) is 22.9 Å². The lowest BCUT2D eigenvalue weighted by Crippen LogP contribution is -2.44. The Kier molecular flexibility index (Phi) is 6.24. The number of carboxylic acid groups (broad SMARTS) is 1. The minimum Gasteiger partial charge on any atom is -0.480 e. The summed E-state index contributed by atoms with van der Waals surface area (Å²) in [6.07, 6.45) is 1.49. The molecule has 0 aliphatic heterocycles. The molecule has 0 saturated heterocycles. The summed E-state index contributed by atoms with van der Waals surface area (Å²) < 4.78 is 19.7. The Morgan fingerprint density at radius 2 is 2.04 bits per heavy atom. The molecule has 26 heavy (non-hydrogen) atoms. The Morgan fingerprint density at radius 3 is 2.62 bits per heavy atom. The van der Waals surface area contributed by atoms with Gasteiger partial charge in [-0.2, -0.15) is 5.10 Å². The average Bonchev–Trinajstić information content (AvgIpc) is 2.89. The van der Waals surface area contributed by atoms with E-state index in [-0.39, 0.29) is 24.6 Å². The summed E-state index contributed by atoms with van der Waals surface area (Å²) in [4.78, 5) is 23.9. The van der Waals surface area contributed by atoms with Gasteiger partial charge in [-0.3, -0.25) is 4.79 Å². The Hall–Kier alpha value is -3.00. The van der Waals surface area contributed by atoms with Gasteiger partial charge in [-0.05, 0) is 38.1 Å². The SMILES string of the molecule is C=CCOCC(NC(=O)c1c(C)nn(-c2ccc(F)cc2)c1C)C(=O)O. The normalized spacial score (nSPS) is 11.8. The molecule has 1 atom stereocenters. The van der Waals surface area contributed by atoms with Crippen LogP contribution in [0.3, 0.4) is 0 Å². The zero-order valence-corrected chi connectivity index (χ0v) is 14.5. The summed E-state index contributed by atoms with van der Waals surface area (Å²) in [7, 11) is 0. The van der Waals surface area contributed by atoms with E-state index in [0.717, 1.165) is 0 Å². The second-order valence-electron chi connectivity index (χ2n) is 5.62. The Bertz CT molecular complexity index is 815. The molecule has 2 N–H and O–H groups in total. The molecule has 1 amide bonds. The summed E-state index contributed by atoms with van der Waals surface area (Å²) >= 11 is 0. The molecule has 138 valence electrons. The number of hydrogen-bond donors (Lipinski definition) is 2. The molecule has 0 aliphatic carbocycles. The first kappa shape index (κ1) is 19.3. The lowest BCUT2D eigenvalue weighted by atomic mass is 10.1. The molecule has 0 saturated carbocycles. The lowest BCUT2D eigenvalue weighted by molar-refractivity contribution is -0.140. The number of aliphatic carboxylic acids is 1. The van der Waals surface area contributed by atoms with Crippen molar-refractivity contribution in [2.45, 2.75) is 19.9 Å². The number of amides is 1. The van der Waals surface area contributed by atoms with Crippen molar-refractivity contribution in [2.75, 3.05) is 13.2 Å². The maximum atomic E-state index is 13.1. The first-order valence-electron chi connectivity index (χ1n) is 7.89. The Labute approximate surface area is 150 Å². The molecule has 2 rings (SSSR count). The molecule has 0 radical (unpaired) electrons. The predicted octanol–water partition coefficient (Wildman–Crippen LogP) is 2.01. The Morgan fingerprint density at radius 1 is 1.38 bits per heavy atom. The predicted molar refractivity (Wildman–Crippen MR) is 92.9 cm³/mol. The number of nitrogens with one attached hydrogen (secondary N) is 1. The number of ether oxygens (including phenoxy) is 1. The third kappa shape index (κ3) is 4.34. The van der Waals surface area contributed by atoms with Crippen LogP contribution in [-0.4, -0.2) is 46.0 Å². The van der Waals surface area contributed by atoms with Crippen LogP contribution in [0.5, 0.6) is 0 Å². The number of aromatic nitrogens is 2. The van der Waals surface area contributed by atoms with Gasteiger partial charge in [0.1, 0.15) is 5.82 Å². The van der Waals surface area contributed by atoms with Crippen molar-refractivity contribution in [2.24, 2.45) is 0 Å². The maximum absolute atomic E-state index is 13.1. The highest BCUT2D eigenvalue weighted by Gasteiger charge is 2.25. The van der Waals surface area contributed by atoms with Crippen LogP contribution in [0.25, 0.3) is 5.69 Å². The van der Waals surface area contributed by atoms with Crippen LogP contribution < -0.4 is 5.32 Å². The van der Waals surface area contributed by atoms with Crippen molar-refractivity contribution in [3.63, 3.8) is 0 Å². The molecule has 0 fully saturated rings. The number of aryl methyl sites for hydroxylation is 1. The second kappa shape index (κ2) is 8.39. The van der Waals surface area contributed by atoms with Crippen LogP contribution in [0.15, 0.2) is 36.9 Å². The average molecular weight is 361 g/mol. The van der Waals surface area contributed by atoms with Crippen molar-refractivity contribution < 1.29 is 23.8 Å². The molecule has 1 aromatic heterocycles. The first-order chi connectivity index (χ1) is 12.3. The molecule has 0 bridgehead atoms. The van der Waals surface area contributed by atoms with Crippen molar-refractivity contribution in [1.82, 2.24) is 15.1 Å². The highest BCUT2D eigenvalue weighted by atomic mass is 19.1. The van der Waals surface area contributed by atoms with Crippen LogP contribution in [-0.2, 0) is 9.53 Å². The fourth-order valence-corrected chi connectivity index (χ4v) is 2.48. The molecule has 2 aromatic rings. The van der Waals surface area contributed by atoms with Crippen LogP contribution >= 0.6 is 0 Å². The van der Waals surface area contributed by atoms with Crippen molar-refractivity contribution in [1.29, 1.82) is 0 Å². The van der Waals surface area contributed by atoms with Crippen LogP contribution in [0.2, 0.25) is 0 Å². The molecule has 1 heterocycles. The fraction of sp³-hybridized carbons (Fsp3) is 0.278. The number of rotatable bonds is 8. The van der Waals surface area contributed by atoms with Crippen molar-refractivity contribution in [3.8, 4) is 5.69 Å². The quantitative estimate of drug-likeness (QED) is 0.554. The summed E-state index contributed by atoms with van der Waals surface area (Å²) in [5.41, 5.74) is 1.81. The largest absolute Gasteiger partial charge is 0.480 e. The van der Waals surface area contributed by atoms with E-state index in [9.17, 15) is 19.1 Å². The van der Waals surface area contributed by atoms with Gasteiger partial charge in [-0.1, -0.05) is 6.08 Å². The summed E-state index contributed by atoms with van der Waals surface area (Å²) in [5.74, 6) is -2.15. The Balaban J connectivity index is 2.24. The van der Waals surface area contributed by atoms with Gasteiger partial charge in [-0.15, -0.1) is 6.58 Å². The number of hydrogen-bond acceptors (Lipinski definition) is 4. The topological polar surface area (TPSA) is 93.5 Å². The van der Waals surface area contributed by atoms with Gasteiger partial charge in [0.15, 0.2) is 6.04 Å². The summed E-state index contributed by atoms with van der Waals surface area (Å²) in [5, 5.41) is 16.0. The van der Waals surface area contributed by atoms with Gasteiger partial charge in [0.05, 0.1) is 35.9 Å². The minimum atomic E-state index is -1.20. The van der Waals surface area contributed by atoms with Crippen molar-refractivity contribution in [3.05, 3.63) is 59.7 Å². The number of benzene rings is 1. The van der Waals surface area contributed by atoms with E-state index in [1.807, 2.05) is 0 Å². The van der Waals surface area contributed by atoms with E-state index in [0.29, 0.717) is 17.1 Å². The number of halogens is 1. The third-order valence-corrected chi connectivity index (χ3v) is 3.71. The van der Waals surface area contributed by atoms with E-state index in [4.69, 9.17) is 4.74 Å². The van der Waals surface area contributed by atoms with Crippen LogP contribution in [0.1, 0.15) is 21.7 Å². The molecule has 0 aliphatic rings. The second-order valence-corrected chi connectivity index (χ2v) is 5.62. The third-order valence-electron chi connectivity index (χ3n) is 3.71. The number of nitrogens with zero attached hydrogens (tertiary/aromatic N) is 2. The zero-order valence-electron chi connectivity index (χ0n) is 14.5. The maximum Gasteiger partial charge on any atom is 0.328 e. The van der Waals surface area contributed by atoms with Gasteiger partial charge in [-0.25, -0.2) is 13.9 Å². The highest BCUT2D eigenvalue weighted by Crippen LogP contribution is 2.18.